The molecule has 4 aliphatic heterocycles. The van der Waals surface area contributed by atoms with Crippen molar-refractivity contribution in [1.82, 2.24) is 10.2 Å². The molecule has 2 bridgehead atoms. The summed E-state index contributed by atoms with van der Waals surface area (Å²) in [6.07, 6.45) is -1.17. The Balaban J connectivity index is 1.11. The maximum absolute atomic E-state index is 11.4. The van der Waals surface area contributed by atoms with Crippen LogP contribution in [-0.2, 0) is 16.0 Å². The van der Waals surface area contributed by atoms with Crippen molar-refractivity contribution < 1.29 is 28.8 Å². The topological polar surface area (TPSA) is 84.9 Å². The van der Waals surface area contributed by atoms with E-state index in [2.05, 4.69) is 21.2 Å². The lowest BCUT2D eigenvalue weighted by Gasteiger charge is -2.47. The van der Waals surface area contributed by atoms with Gasteiger partial charge in [0.2, 0.25) is 6.79 Å². The van der Waals surface area contributed by atoms with Crippen molar-refractivity contribution in [1.29, 1.82) is 0 Å². The fraction of sp³-hybridized carbons (Fsp3) is 0.520. The number of aliphatic hydroxyl groups is 1. The van der Waals surface area contributed by atoms with Gasteiger partial charge in [0, 0.05) is 32.7 Å². The third kappa shape index (κ3) is 3.97. The molecular weight excluding hydrogens is 438 g/mol. The van der Waals surface area contributed by atoms with Crippen molar-refractivity contribution >= 4 is 5.69 Å². The molecule has 0 saturated carbocycles. The number of anilines is 1. The van der Waals surface area contributed by atoms with E-state index < -0.39 is 12.4 Å². The molecule has 4 heterocycles. The minimum atomic E-state index is -0.599. The average Bonchev–Trinajstić information content (AvgIpc) is 3.52. The predicted molar refractivity (Wildman–Crippen MR) is 124 cm³/mol. The van der Waals surface area contributed by atoms with Gasteiger partial charge in [0.1, 0.15) is 11.9 Å². The number of fused-ring (bicyclic) bond motifs is 3. The summed E-state index contributed by atoms with van der Waals surface area (Å²) in [6, 6.07) is 13.6. The van der Waals surface area contributed by atoms with Crippen LogP contribution in [0.15, 0.2) is 42.5 Å². The molecule has 2 aromatic carbocycles. The summed E-state index contributed by atoms with van der Waals surface area (Å²) in [4.78, 5) is 4.64. The van der Waals surface area contributed by atoms with Gasteiger partial charge in [-0.25, -0.2) is 0 Å². The monoisotopic (exact) mass is 469 g/mol. The highest BCUT2D eigenvalue weighted by Gasteiger charge is 2.52. The molecule has 5 atom stereocenters. The Morgan fingerprint density at radius 1 is 1.06 bits per heavy atom. The van der Waals surface area contributed by atoms with Crippen LogP contribution in [-0.4, -0.2) is 87.3 Å². The van der Waals surface area contributed by atoms with Crippen LogP contribution in [0.25, 0.3) is 0 Å². The van der Waals surface area contributed by atoms with E-state index in [9.17, 15) is 5.11 Å². The van der Waals surface area contributed by atoms with Crippen LogP contribution in [0.5, 0.6) is 17.2 Å². The van der Waals surface area contributed by atoms with Crippen LogP contribution >= 0.6 is 0 Å². The van der Waals surface area contributed by atoms with Crippen LogP contribution < -0.4 is 24.4 Å². The van der Waals surface area contributed by atoms with Gasteiger partial charge in [-0.15, -0.1) is 0 Å². The number of ether oxygens (including phenoxy) is 5. The fourth-order valence-electron chi connectivity index (χ4n) is 5.48. The molecule has 0 aliphatic carbocycles. The number of nitrogens with zero attached hydrogens (tertiary/aromatic N) is 2. The minimum absolute atomic E-state index is 0.167. The summed E-state index contributed by atoms with van der Waals surface area (Å²) < 4.78 is 28.6. The Labute approximate surface area is 199 Å². The van der Waals surface area contributed by atoms with Crippen molar-refractivity contribution in [2.75, 3.05) is 51.6 Å². The van der Waals surface area contributed by atoms with E-state index in [0.29, 0.717) is 13.2 Å². The molecule has 0 unspecified atom stereocenters. The normalized spacial score (nSPS) is 30.5. The van der Waals surface area contributed by atoms with Gasteiger partial charge < -0.3 is 39.0 Å². The number of benzene rings is 2. The van der Waals surface area contributed by atoms with E-state index in [1.807, 2.05) is 36.4 Å². The van der Waals surface area contributed by atoms with Gasteiger partial charge in [0.25, 0.3) is 0 Å². The largest absolute Gasteiger partial charge is 0.495 e. The summed E-state index contributed by atoms with van der Waals surface area (Å²) in [7, 11) is 1.70. The summed E-state index contributed by atoms with van der Waals surface area (Å²) in [5.41, 5.74) is 2.17. The molecule has 2 aromatic rings. The van der Waals surface area contributed by atoms with Crippen LogP contribution in [0.4, 0.5) is 5.69 Å². The zero-order chi connectivity index (χ0) is 23.1. The number of hydrogen-bond donors (Lipinski definition) is 2. The second kappa shape index (κ2) is 9.24. The molecule has 9 nitrogen and oxygen atoms in total. The molecule has 0 radical (unpaired) electrons. The SMILES string of the molecule is COc1ccccc1N1CCN([C@@H]2[C@@H]3OC[C@H](O3)[C@@H](NCc3ccc4c(c3)OCO4)[C@@H]2O)CC1. The van der Waals surface area contributed by atoms with Crippen molar-refractivity contribution in [3.8, 4) is 17.2 Å². The van der Waals surface area contributed by atoms with E-state index >= 15 is 0 Å². The first kappa shape index (κ1) is 21.9. The van der Waals surface area contributed by atoms with E-state index in [0.717, 1.165) is 54.7 Å². The molecule has 0 spiro atoms. The maximum Gasteiger partial charge on any atom is 0.231 e. The van der Waals surface area contributed by atoms with E-state index in [1.165, 1.54) is 0 Å². The van der Waals surface area contributed by atoms with Crippen LogP contribution in [0.1, 0.15) is 5.56 Å². The quantitative estimate of drug-likeness (QED) is 0.648. The molecule has 4 aliphatic rings. The first-order valence-electron chi connectivity index (χ1n) is 11.9. The number of methoxy groups -OCH3 is 1. The molecule has 3 saturated heterocycles. The first-order valence-corrected chi connectivity index (χ1v) is 11.9. The Morgan fingerprint density at radius 2 is 1.88 bits per heavy atom. The van der Waals surface area contributed by atoms with Crippen LogP contribution in [0.3, 0.4) is 0 Å². The van der Waals surface area contributed by atoms with Gasteiger partial charge in [-0.05, 0) is 29.8 Å². The lowest BCUT2D eigenvalue weighted by Crippen LogP contribution is -2.66. The molecule has 6 rings (SSSR count). The number of aliphatic hydroxyl groups excluding tert-OH is 1. The van der Waals surface area contributed by atoms with Gasteiger partial charge in [-0.3, -0.25) is 4.90 Å². The van der Waals surface area contributed by atoms with Crippen molar-refractivity contribution in [2.24, 2.45) is 0 Å². The summed E-state index contributed by atoms with van der Waals surface area (Å²) in [5, 5.41) is 14.9. The molecule has 2 N–H and O–H groups in total. The standard InChI is InChI=1S/C25H31N3O6/c1-30-18-5-3-2-4-17(18)27-8-10-28(11-9-27)23-24(29)22(21-14-31-25(23)34-21)26-13-16-6-7-19-20(12-16)33-15-32-19/h2-7,12,21-26,29H,8-11,13-15H2,1H3/t21-,22+,23-,24-,25+/m0/s1. The third-order valence-electron chi connectivity index (χ3n) is 7.27. The molecule has 182 valence electrons. The molecule has 0 amide bonds. The molecule has 9 heteroatoms. The molecule has 3 fully saturated rings. The number of hydrogen-bond acceptors (Lipinski definition) is 9. The maximum atomic E-state index is 11.4. The first-order chi connectivity index (χ1) is 16.7. The second-order valence-electron chi connectivity index (χ2n) is 9.15. The average molecular weight is 470 g/mol. The van der Waals surface area contributed by atoms with Gasteiger partial charge in [0.05, 0.1) is 37.6 Å². The summed E-state index contributed by atoms with van der Waals surface area (Å²) in [5.74, 6) is 2.41. The second-order valence-corrected chi connectivity index (χ2v) is 9.15. The Kier molecular flexibility index (Phi) is 5.96. The van der Waals surface area contributed by atoms with Crippen LogP contribution in [0.2, 0.25) is 0 Å². The number of piperazine rings is 1. The summed E-state index contributed by atoms with van der Waals surface area (Å²) >= 11 is 0. The Bertz CT molecular complexity index is 1010. The van der Waals surface area contributed by atoms with Gasteiger partial charge in [0.15, 0.2) is 17.8 Å². The highest BCUT2D eigenvalue weighted by Crippen LogP contribution is 2.35. The van der Waals surface area contributed by atoms with E-state index in [1.54, 1.807) is 7.11 Å². The summed E-state index contributed by atoms with van der Waals surface area (Å²) in [6.45, 7) is 4.64. The molecule has 0 aromatic heterocycles. The van der Waals surface area contributed by atoms with Crippen molar-refractivity contribution in [3.63, 3.8) is 0 Å². The molecule has 34 heavy (non-hydrogen) atoms. The van der Waals surface area contributed by atoms with E-state index in [-0.39, 0.29) is 25.0 Å². The smallest absolute Gasteiger partial charge is 0.231 e. The Morgan fingerprint density at radius 3 is 2.74 bits per heavy atom. The number of nitrogens with one attached hydrogen (secondary N) is 1. The number of para-hydroxylation sites is 2. The van der Waals surface area contributed by atoms with Gasteiger partial charge >= 0.3 is 0 Å². The predicted octanol–water partition coefficient (Wildman–Crippen LogP) is 1.19. The van der Waals surface area contributed by atoms with Crippen LogP contribution in [0, 0.1) is 0 Å². The van der Waals surface area contributed by atoms with Crippen molar-refractivity contribution in [3.05, 3.63) is 48.0 Å². The zero-order valence-electron chi connectivity index (χ0n) is 19.3. The van der Waals surface area contributed by atoms with E-state index in [4.69, 9.17) is 23.7 Å². The highest BCUT2D eigenvalue weighted by atomic mass is 16.7. The fourth-order valence-corrected chi connectivity index (χ4v) is 5.48. The Hall–Kier alpha value is -2.56. The minimum Gasteiger partial charge on any atom is -0.495 e. The third-order valence-corrected chi connectivity index (χ3v) is 7.27. The number of rotatable bonds is 6. The lowest BCUT2D eigenvalue weighted by atomic mass is 9.94. The van der Waals surface area contributed by atoms with Crippen molar-refractivity contribution in [2.45, 2.75) is 37.1 Å². The van der Waals surface area contributed by atoms with Gasteiger partial charge in [-0.2, -0.15) is 0 Å². The zero-order valence-corrected chi connectivity index (χ0v) is 19.3. The highest BCUT2D eigenvalue weighted by molar-refractivity contribution is 5.58. The lowest BCUT2D eigenvalue weighted by molar-refractivity contribution is -0.183. The molecular formula is C25H31N3O6. The van der Waals surface area contributed by atoms with Gasteiger partial charge in [-0.1, -0.05) is 18.2 Å².